The zero-order valence-electron chi connectivity index (χ0n) is 7.63. The average Bonchev–Trinajstić information content (AvgIpc) is 2.02. The number of carboxylic acids is 1. The molecule has 0 rings (SSSR count). The van der Waals surface area contributed by atoms with Gasteiger partial charge in [0, 0.05) is 23.6 Å². The number of nitrogens with two attached hydrogens (primary N) is 2. The van der Waals surface area contributed by atoms with E-state index in [2.05, 4.69) is 5.32 Å². The first kappa shape index (κ1) is 15.7. The number of primary amides is 1. The van der Waals surface area contributed by atoms with Gasteiger partial charge in [-0.2, -0.15) is 0 Å². The fraction of sp³-hybridized carbons (Fsp3) is 0.714. The molecule has 6 nitrogen and oxygen atoms in total. The van der Waals surface area contributed by atoms with E-state index in [4.69, 9.17) is 16.6 Å². The van der Waals surface area contributed by atoms with Crippen molar-refractivity contribution in [1.29, 1.82) is 0 Å². The number of unbranched alkanes of at least 4 members (excludes halogenated alkanes) is 1. The Labute approximate surface area is 92.9 Å². The number of carboxylic acid groups (broad SMARTS) is 1. The summed E-state index contributed by atoms with van der Waals surface area (Å²) >= 11 is 0. The van der Waals surface area contributed by atoms with E-state index < -0.39 is 18.0 Å². The smallest absolute Gasteiger partial charge is 0.320 e. The second-order valence-electron chi connectivity index (χ2n) is 2.73. The van der Waals surface area contributed by atoms with Crippen LogP contribution in [0.2, 0.25) is 0 Å². The summed E-state index contributed by atoms with van der Waals surface area (Å²) in [5.74, 6) is -0.997. The summed E-state index contributed by atoms with van der Waals surface area (Å²) < 4.78 is 0. The van der Waals surface area contributed by atoms with Gasteiger partial charge >= 0.3 is 12.0 Å². The van der Waals surface area contributed by atoms with Crippen LogP contribution in [0.25, 0.3) is 0 Å². The number of carbonyl (C=O) groups excluding carboxylic acids is 1. The Morgan fingerprint density at radius 3 is 2.36 bits per heavy atom. The number of hydrogen-bond donors (Lipinski definition) is 4. The summed E-state index contributed by atoms with van der Waals surface area (Å²) in [7, 11) is 0. The molecule has 0 fully saturated rings. The molecular weight excluding hydrogens is 238 g/mol. The van der Waals surface area contributed by atoms with Crippen molar-refractivity contribution < 1.29 is 31.8 Å². The molecule has 0 aliphatic rings. The van der Waals surface area contributed by atoms with Crippen LogP contribution in [0.3, 0.4) is 0 Å². The third kappa shape index (κ3) is 9.31. The zero-order chi connectivity index (χ0) is 10.3. The summed E-state index contributed by atoms with van der Waals surface area (Å²) in [6.07, 6.45) is 1.76. The molecule has 87 valence electrons. The molecule has 2 amide bonds. The van der Waals surface area contributed by atoms with Crippen LogP contribution < -0.4 is 16.8 Å². The van der Waals surface area contributed by atoms with Crippen LogP contribution >= 0.6 is 0 Å². The molecule has 0 bridgehead atoms. The Bertz CT molecular complexity index is 189. The third-order valence-electron chi connectivity index (χ3n) is 1.56. The molecule has 1 atom stereocenters. The molecule has 0 heterocycles. The number of amides is 2. The Kier molecular flexibility index (Phi) is 9.86. The Morgan fingerprint density at radius 2 is 1.93 bits per heavy atom. The first-order valence-electron chi connectivity index (χ1n) is 4.05. The molecule has 0 saturated heterocycles. The van der Waals surface area contributed by atoms with Crippen LogP contribution in [0.5, 0.6) is 0 Å². The molecule has 0 aliphatic heterocycles. The van der Waals surface area contributed by atoms with E-state index in [1.54, 1.807) is 0 Å². The standard InChI is InChI=1S/C7H15N3O3.Cu/c8-5(6(11)12)3-1-2-4-10-7(9)13;/h5H,1-4,8H2,(H,11,12)(H3,9,10,13);. The summed E-state index contributed by atoms with van der Waals surface area (Å²) in [6, 6.07) is -1.38. The second-order valence-corrected chi connectivity index (χ2v) is 2.73. The molecule has 0 aromatic heterocycles. The van der Waals surface area contributed by atoms with Gasteiger partial charge in [0.05, 0.1) is 0 Å². The van der Waals surface area contributed by atoms with Gasteiger partial charge in [0.15, 0.2) is 0 Å². The van der Waals surface area contributed by atoms with Crippen molar-refractivity contribution in [3.63, 3.8) is 0 Å². The third-order valence-corrected chi connectivity index (χ3v) is 1.56. The minimum atomic E-state index is -0.997. The van der Waals surface area contributed by atoms with Crippen molar-refractivity contribution in [3.05, 3.63) is 0 Å². The van der Waals surface area contributed by atoms with Crippen LogP contribution in [-0.2, 0) is 21.9 Å². The Hall–Kier alpha value is -0.781. The monoisotopic (exact) mass is 252 g/mol. The predicted octanol–water partition coefficient (Wildman–Crippen LogP) is -0.766. The largest absolute Gasteiger partial charge is 0.480 e. The molecular formula is C7H15CuN3O3. The van der Waals surface area contributed by atoms with Gasteiger partial charge < -0.3 is 21.9 Å². The van der Waals surface area contributed by atoms with Gasteiger partial charge in [0.2, 0.25) is 0 Å². The topological polar surface area (TPSA) is 118 Å². The van der Waals surface area contributed by atoms with E-state index >= 15 is 0 Å². The minimum Gasteiger partial charge on any atom is -0.480 e. The first-order valence-corrected chi connectivity index (χ1v) is 4.05. The van der Waals surface area contributed by atoms with Crippen molar-refractivity contribution >= 4 is 12.0 Å². The Morgan fingerprint density at radius 1 is 1.36 bits per heavy atom. The second kappa shape index (κ2) is 8.80. The summed E-state index contributed by atoms with van der Waals surface area (Å²) in [5.41, 5.74) is 10.1. The van der Waals surface area contributed by atoms with Gasteiger partial charge in [-0.1, -0.05) is 0 Å². The van der Waals surface area contributed by atoms with E-state index in [0.29, 0.717) is 25.8 Å². The molecule has 1 unspecified atom stereocenters. The van der Waals surface area contributed by atoms with E-state index in [1.165, 1.54) is 0 Å². The quantitative estimate of drug-likeness (QED) is 0.367. The molecule has 1 radical (unpaired) electrons. The van der Waals surface area contributed by atoms with Gasteiger partial charge in [-0.05, 0) is 19.3 Å². The predicted molar refractivity (Wildman–Crippen MR) is 47.0 cm³/mol. The fourth-order valence-electron chi connectivity index (χ4n) is 0.824. The molecule has 14 heavy (non-hydrogen) atoms. The van der Waals surface area contributed by atoms with Crippen molar-refractivity contribution in [1.82, 2.24) is 5.32 Å². The maximum atomic E-state index is 10.3. The summed E-state index contributed by atoms with van der Waals surface area (Å²) in [6.45, 7) is 0.460. The molecule has 0 aromatic rings. The number of carbonyl (C=O) groups is 2. The van der Waals surface area contributed by atoms with Crippen molar-refractivity contribution in [3.8, 4) is 0 Å². The van der Waals surface area contributed by atoms with Gasteiger partial charge in [0.1, 0.15) is 6.04 Å². The molecule has 0 aliphatic carbocycles. The number of aliphatic carboxylic acids is 1. The molecule has 0 spiro atoms. The maximum absolute atomic E-state index is 10.3. The summed E-state index contributed by atoms with van der Waals surface area (Å²) in [5, 5.41) is 10.8. The van der Waals surface area contributed by atoms with Gasteiger partial charge in [-0.15, -0.1) is 0 Å². The van der Waals surface area contributed by atoms with Crippen molar-refractivity contribution in [2.75, 3.05) is 6.54 Å². The van der Waals surface area contributed by atoms with Crippen LogP contribution in [-0.4, -0.2) is 29.7 Å². The zero-order valence-corrected chi connectivity index (χ0v) is 8.57. The number of urea groups is 1. The number of nitrogens with one attached hydrogen (secondary N) is 1. The molecule has 0 aromatic carbocycles. The first-order chi connectivity index (χ1) is 6.04. The van der Waals surface area contributed by atoms with Gasteiger partial charge in [-0.3, -0.25) is 4.79 Å². The molecule has 6 N–H and O–H groups in total. The van der Waals surface area contributed by atoms with Crippen LogP contribution in [0, 0.1) is 0 Å². The number of hydrogen-bond acceptors (Lipinski definition) is 3. The van der Waals surface area contributed by atoms with Crippen molar-refractivity contribution in [2.24, 2.45) is 11.5 Å². The van der Waals surface area contributed by atoms with Gasteiger partial charge in [-0.25, -0.2) is 4.79 Å². The molecule has 7 heteroatoms. The normalized spacial score (nSPS) is 11.2. The SMILES string of the molecule is NC(=O)NCCCCC(N)C(=O)O.[Cu]. The summed E-state index contributed by atoms with van der Waals surface area (Å²) in [4.78, 5) is 20.5. The molecule has 0 saturated carbocycles. The van der Waals surface area contributed by atoms with Gasteiger partial charge in [0.25, 0.3) is 0 Å². The van der Waals surface area contributed by atoms with Crippen LogP contribution in [0.15, 0.2) is 0 Å². The van der Waals surface area contributed by atoms with E-state index in [0.717, 1.165) is 0 Å². The average molecular weight is 253 g/mol. The Balaban J connectivity index is 0. The number of rotatable bonds is 6. The van der Waals surface area contributed by atoms with E-state index in [-0.39, 0.29) is 17.1 Å². The maximum Gasteiger partial charge on any atom is 0.320 e. The van der Waals surface area contributed by atoms with Crippen LogP contribution in [0.1, 0.15) is 19.3 Å². The van der Waals surface area contributed by atoms with E-state index in [1.807, 2.05) is 0 Å². The van der Waals surface area contributed by atoms with Crippen molar-refractivity contribution in [2.45, 2.75) is 25.3 Å². The minimum absolute atomic E-state index is 0. The van der Waals surface area contributed by atoms with E-state index in [9.17, 15) is 9.59 Å². The van der Waals surface area contributed by atoms with Crippen LogP contribution in [0.4, 0.5) is 4.79 Å². The fourth-order valence-corrected chi connectivity index (χ4v) is 0.824.